The molecule has 0 saturated heterocycles. The number of carbonyl (C=O) groups excluding carboxylic acids is 2. The normalized spacial score (nSPS) is 14.0. The van der Waals surface area contributed by atoms with Gasteiger partial charge in [0.15, 0.2) is 6.10 Å². The van der Waals surface area contributed by atoms with Gasteiger partial charge < -0.3 is 20.1 Å². The van der Waals surface area contributed by atoms with Crippen LogP contribution < -0.4 is 5.73 Å². The molecule has 0 radical (unpaired) electrons. The Hall–Kier alpha value is -2.55. The summed E-state index contributed by atoms with van der Waals surface area (Å²) in [4.78, 5) is 34.8. The Balaban J connectivity index is 4.31. The summed E-state index contributed by atoms with van der Waals surface area (Å²) in [5.41, 5.74) is 5.34. The summed E-state index contributed by atoms with van der Waals surface area (Å²) in [7, 11) is -4.40. The predicted molar refractivity (Wildman–Crippen MR) is 229 cm³/mol. The van der Waals surface area contributed by atoms with Gasteiger partial charge in [0.2, 0.25) is 0 Å². The lowest BCUT2D eigenvalue weighted by Gasteiger charge is -2.19. The zero-order chi connectivity index (χ0) is 40.3. The molecule has 0 aliphatic carbocycles. The van der Waals surface area contributed by atoms with E-state index in [1.54, 1.807) is 0 Å². The van der Waals surface area contributed by atoms with Gasteiger partial charge in [-0.05, 0) is 83.5 Å². The molecule has 9 nitrogen and oxygen atoms in total. The van der Waals surface area contributed by atoms with E-state index >= 15 is 0 Å². The van der Waals surface area contributed by atoms with Crippen LogP contribution in [-0.2, 0) is 32.7 Å². The minimum atomic E-state index is -4.40. The van der Waals surface area contributed by atoms with Crippen molar-refractivity contribution < 1.29 is 37.6 Å². The average Bonchev–Trinajstić information content (AvgIpc) is 3.17. The smallest absolute Gasteiger partial charge is 0.462 e. The molecule has 2 atom stereocenters. The summed E-state index contributed by atoms with van der Waals surface area (Å²) in [5, 5.41) is 0. The Labute approximate surface area is 335 Å². The zero-order valence-electron chi connectivity index (χ0n) is 34.6. The van der Waals surface area contributed by atoms with Crippen LogP contribution in [0.15, 0.2) is 72.9 Å². The first kappa shape index (κ1) is 52.5. The molecule has 0 aromatic rings. The molecule has 0 aromatic carbocycles. The van der Waals surface area contributed by atoms with Gasteiger partial charge in [-0.25, -0.2) is 4.57 Å². The number of hydrogen-bond acceptors (Lipinski definition) is 8. The molecular formula is C45H78NO8P. The van der Waals surface area contributed by atoms with Crippen molar-refractivity contribution in [3.63, 3.8) is 0 Å². The largest absolute Gasteiger partial charge is 0.472 e. The van der Waals surface area contributed by atoms with Crippen molar-refractivity contribution in [2.45, 2.75) is 174 Å². The summed E-state index contributed by atoms with van der Waals surface area (Å²) < 4.78 is 32.7. The van der Waals surface area contributed by atoms with Crippen LogP contribution in [-0.4, -0.2) is 49.3 Å². The molecule has 3 N–H and O–H groups in total. The first-order valence-electron chi connectivity index (χ1n) is 21.4. The van der Waals surface area contributed by atoms with E-state index in [4.69, 9.17) is 24.3 Å². The SMILES string of the molecule is CCCCCC=CCC=CCC=CCCCCCCC(=O)OCC(COP(=O)(O)OCCN)OC(=O)CCCC=CCC=CCC=CCCCCCCCC. The number of ether oxygens (including phenoxy) is 2. The number of nitrogens with two attached hydrogens (primary N) is 1. The number of allylic oxidation sites excluding steroid dienone is 12. The van der Waals surface area contributed by atoms with Gasteiger partial charge in [0.05, 0.1) is 13.2 Å². The Morgan fingerprint density at radius 3 is 1.49 bits per heavy atom. The number of rotatable bonds is 39. The van der Waals surface area contributed by atoms with Crippen LogP contribution >= 0.6 is 7.82 Å². The van der Waals surface area contributed by atoms with Crippen LogP contribution in [0.4, 0.5) is 0 Å². The molecule has 55 heavy (non-hydrogen) atoms. The fraction of sp³-hybridized carbons (Fsp3) is 0.689. The Morgan fingerprint density at radius 1 is 0.545 bits per heavy atom. The van der Waals surface area contributed by atoms with Gasteiger partial charge in [-0.15, -0.1) is 0 Å². The van der Waals surface area contributed by atoms with Gasteiger partial charge in [0.25, 0.3) is 0 Å². The first-order valence-corrected chi connectivity index (χ1v) is 22.9. The van der Waals surface area contributed by atoms with E-state index < -0.39 is 32.5 Å². The summed E-state index contributed by atoms with van der Waals surface area (Å²) in [6.07, 6.45) is 49.4. The van der Waals surface area contributed by atoms with Crippen LogP contribution in [0, 0.1) is 0 Å². The number of phosphoric ester groups is 1. The summed E-state index contributed by atoms with van der Waals surface area (Å²) in [5.74, 6) is -0.921. The molecular weight excluding hydrogens is 713 g/mol. The summed E-state index contributed by atoms with van der Waals surface area (Å²) in [6.45, 7) is 3.60. The van der Waals surface area contributed by atoms with E-state index in [0.717, 1.165) is 57.8 Å². The van der Waals surface area contributed by atoms with Crippen LogP contribution in [0.5, 0.6) is 0 Å². The van der Waals surface area contributed by atoms with Gasteiger partial charge in [-0.3, -0.25) is 18.6 Å². The highest BCUT2D eigenvalue weighted by Crippen LogP contribution is 2.43. The van der Waals surface area contributed by atoms with Crippen LogP contribution in [0.2, 0.25) is 0 Å². The van der Waals surface area contributed by atoms with Crippen molar-refractivity contribution in [1.29, 1.82) is 0 Å². The minimum absolute atomic E-state index is 0.0389. The molecule has 0 aliphatic heterocycles. The van der Waals surface area contributed by atoms with Crippen LogP contribution in [0.25, 0.3) is 0 Å². The van der Waals surface area contributed by atoms with Crippen molar-refractivity contribution in [3.8, 4) is 0 Å². The third-order valence-electron chi connectivity index (χ3n) is 8.56. The third kappa shape index (κ3) is 40.9. The first-order chi connectivity index (χ1) is 26.8. The van der Waals surface area contributed by atoms with Gasteiger partial charge in [0, 0.05) is 19.4 Å². The summed E-state index contributed by atoms with van der Waals surface area (Å²) in [6, 6.07) is 0. The Morgan fingerprint density at radius 2 is 0.964 bits per heavy atom. The third-order valence-corrected chi connectivity index (χ3v) is 9.55. The van der Waals surface area contributed by atoms with E-state index in [9.17, 15) is 19.0 Å². The molecule has 0 rings (SSSR count). The number of unbranched alkanes of at least 4 members (excludes halogenated alkanes) is 14. The van der Waals surface area contributed by atoms with E-state index in [1.165, 1.54) is 64.2 Å². The van der Waals surface area contributed by atoms with Gasteiger partial charge in [0.1, 0.15) is 6.61 Å². The van der Waals surface area contributed by atoms with E-state index in [-0.39, 0.29) is 32.6 Å². The number of esters is 2. The second-order valence-electron chi connectivity index (χ2n) is 13.8. The molecule has 0 saturated carbocycles. The predicted octanol–water partition coefficient (Wildman–Crippen LogP) is 12.3. The van der Waals surface area contributed by atoms with Crippen molar-refractivity contribution in [2.75, 3.05) is 26.4 Å². The molecule has 316 valence electrons. The lowest BCUT2D eigenvalue weighted by atomic mass is 10.1. The Kier molecular flexibility index (Phi) is 39.2. The number of hydrogen-bond donors (Lipinski definition) is 2. The second kappa shape index (κ2) is 41.1. The van der Waals surface area contributed by atoms with Crippen molar-refractivity contribution >= 4 is 19.8 Å². The summed E-state index contributed by atoms with van der Waals surface area (Å²) >= 11 is 0. The van der Waals surface area contributed by atoms with E-state index in [2.05, 4.69) is 80.7 Å². The highest BCUT2D eigenvalue weighted by Gasteiger charge is 2.25. The maximum Gasteiger partial charge on any atom is 0.472 e. The number of carbonyl (C=O) groups is 2. The second-order valence-corrected chi connectivity index (χ2v) is 15.3. The molecule has 0 amide bonds. The van der Waals surface area contributed by atoms with Crippen molar-refractivity contribution in [1.82, 2.24) is 0 Å². The highest BCUT2D eigenvalue weighted by molar-refractivity contribution is 7.47. The fourth-order valence-electron chi connectivity index (χ4n) is 5.36. The quantitative estimate of drug-likeness (QED) is 0.0270. The van der Waals surface area contributed by atoms with Crippen LogP contribution in [0.3, 0.4) is 0 Å². The number of phosphoric acid groups is 1. The van der Waals surface area contributed by atoms with Crippen molar-refractivity contribution in [3.05, 3.63) is 72.9 Å². The Bertz CT molecular complexity index is 1130. The molecule has 0 fully saturated rings. The van der Waals surface area contributed by atoms with Gasteiger partial charge in [-0.1, -0.05) is 145 Å². The van der Waals surface area contributed by atoms with E-state index in [0.29, 0.717) is 19.3 Å². The average molecular weight is 792 g/mol. The molecule has 0 aromatic heterocycles. The minimum Gasteiger partial charge on any atom is -0.462 e. The standard InChI is InChI=1S/C45H78NO8P/c1-3-5-7-9-11-13-15-17-19-21-23-25-27-29-31-33-35-37-44(47)51-41-43(42-53-55(49,50)52-40-39-46)54-45(48)38-36-34-32-30-28-26-24-22-20-18-16-14-12-10-8-6-4-2/h11,13,17-20,23-26,30,32,43H,3-10,12,14-16,21-22,27-29,31,33-42,46H2,1-2H3,(H,49,50). The maximum atomic E-state index is 12.6. The monoisotopic (exact) mass is 792 g/mol. The van der Waals surface area contributed by atoms with Crippen molar-refractivity contribution in [2.24, 2.45) is 5.73 Å². The van der Waals surface area contributed by atoms with Gasteiger partial charge >= 0.3 is 19.8 Å². The molecule has 0 bridgehead atoms. The topological polar surface area (TPSA) is 134 Å². The molecule has 10 heteroatoms. The molecule has 2 unspecified atom stereocenters. The maximum absolute atomic E-state index is 12.6. The lowest BCUT2D eigenvalue weighted by molar-refractivity contribution is -0.161. The highest BCUT2D eigenvalue weighted by atomic mass is 31.2. The molecule has 0 spiro atoms. The van der Waals surface area contributed by atoms with Gasteiger partial charge in [-0.2, -0.15) is 0 Å². The molecule has 0 aliphatic rings. The fourth-order valence-corrected chi connectivity index (χ4v) is 6.13. The molecule has 0 heterocycles. The van der Waals surface area contributed by atoms with Crippen LogP contribution in [0.1, 0.15) is 168 Å². The lowest BCUT2D eigenvalue weighted by Crippen LogP contribution is -2.29. The van der Waals surface area contributed by atoms with E-state index in [1.807, 2.05) is 6.08 Å². The zero-order valence-corrected chi connectivity index (χ0v) is 35.5.